The van der Waals surface area contributed by atoms with Gasteiger partial charge in [-0.25, -0.2) is 4.79 Å². The second-order valence-corrected chi connectivity index (χ2v) is 4.87. The highest BCUT2D eigenvalue weighted by atomic mass is 16.3. The molecule has 2 aliphatic heterocycles. The lowest BCUT2D eigenvalue weighted by Crippen LogP contribution is -2.53. The van der Waals surface area contributed by atoms with Crippen LogP contribution in [0.5, 0.6) is 0 Å². The first kappa shape index (κ1) is 12.7. The van der Waals surface area contributed by atoms with E-state index in [0.717, 1.165) is 11.3 Å². The van der Waals surface area contributed by atoms with Gasteiger partial charge in [-0.05, 0) is 17.7 Å². The van der Waals surface area contributed by atoms with Crippen LogP contribution >= 0.6 is 0 Å². The van der Waals surface area contributed by atoms with Crippen molar-refractivity contribution in [2.45, 2.75) is 12.6 Å². The molecule has 104 valence electrons. The normalized spacial score (nSPS) is 22.3. The number of nitrogens with zero attached hydrogens (tertiary/aromatic N) is 2. The van der Waals surface area contributed by atoms with Crippen molar-refractivity contribution < 1.29 is 14.7 Å². The zero-order chi connectivity index (χ0) is 14.3. The zero-order valence-electron chi connectivity index (χ0n) is 11.0. The van der Waals surface area contributed by atoms with Crippen molar-refractivity contribution in [1.82, 2.24) is 10.2 Å². The second kappa shape index (κ2) is 4.64. The highest BCUT2D eigenvalue weighted by Crippen LogP contribution is 2.32. The number of aliphatic hydroxyl groups excluding tert-OH is 1. The van der Waals surface area contributed by atoms with Crippen molar-refractivity contribution in [3.63, 3.8) is 0 Å². The molecule has 1 unspecified atom stereocenters. The number of carbonyl (C=O) groups is 2. The molecular weight excluding hydrogens is 258 g/mol. The average Bonchev–Trinajstić information content (AvgIpc) is 2.43. The lowest BCUT2D eigenvalue weighted by atomic mass is 10.0. The van der Waals surface area contributed by atoms with Crippen molar-refractivity contribution in [1.29, 1.82) is 0 Å². The highest BCUT2D eigenvalue weighted by Gasteiger charge is 2.33. The molecule has 0 radical (unpaired) electrons. The molecule has 1 aromatic carbocycles. The lowest BCUT2D eigenvalue weighted by molar-refractivity contribution is -0.121. The number of amides is 3. The largest absolute Gasteiger partial charge is 0.368 e. The van der Waals surface area contributed by atoms with E-state index < -0.39 is 12.3 Å². The third kappa shape index (κ3) is 1.94. The van der Waals surface area contributed by atoms with E-state index in [0.29, 0.717) is 5.70 Å². The van der Waals surface area contributed by atoms with Crippen LogP contribution in [0.3, 0.4) is 0 Å². The summed E-state index contributed by atoms with van der Waals surface area (Å²) in [4.78, 5) is 26.2. The number of likely N-dealkylation sites (N-methyl/N-ethyl adjacent to an activating group) is 1. The van der Waals surface area contributed by atoms with E-state index in [4.69, 9.17) is 0 Å². The van der Waals surface area contributed by atoms with E-state index in [1.807, 2.05) is 24.3 Å². The Kier molecular flexibility index (Phi) is 2.94. The number of carbonyl (C=O) groups excluding carboxylic acids is 2. The SMILES string of the molecule is CN1c2ccccc2C=C(N2CCC(=O)NC2=O)C1O. The predicted octanol–water partition coefficient (Wildman–Crippen LogP) is 0.738. The Balaban J connectivity index is 1.99. The summed E-state index contributed by atoms with van der Waals surface area (Å²) in [7, 11) is 1.77. The van der Waals surface area contributed by atoms with E-state index in [-0.39, 0.29) is 18.9 Å². The summed E-state index contributed by atoms with van der Waals surface area (Å²) in [5, 5.41) is 12.6. The first-order valence-electron chi connectivity index (χ1n) is 6.41. The van der Waals surface area contributed by atoms with Gasteiger partial charge in [0, 0.05) is 25.7 Å². The van der Waals surface area contributed by atoms with Gasteiger partial charge in [0.15, 0.2) is 6.23 Å². The summed E-state index contributed by atoms with van der Waals surface area (Å²) in [6.07, 6.45) is 1.11. The van der Waals surface area contributed by atoms with Crippen molar-refractivity contribution in [3.05, 3.63) is 35.5 Å². The minimum Gasteiger partial charge on any atom is -0.368 e. The van der Waals surface area contributed by atoms with Gasteiger partial charge >= 0.3 is 6.03 Å². The topological polar surface area (TPSA) is 72.9 Å². The van der Waals surface area contributed by atoms with Crippen LogP contribution < -0.4 is 10.2 Å². The molecule has 0 bridgehead atoms. The van der Waals surface area contributed by atoms with Gasteiger partial charge in [-0.3, -0.25) is 15.0 Å². The van der Waals surface area contributed by atoms with E-state index in [9.17, 15) is 14.7 Å². The smallest absolute Gasteiger partial charge is 0.328 e. The minimum absolute atomic E-state index is 0.237. The molecule has 0 aromatic heterocycles. The van der Waals surface area contributed by atoms with Crippen molar-refractivity contribution >= 4 is 23.7 Å². The summed E-state index contributed by atoms with van der Waals surface area (Å²) in [6, 6.07) is 7.14. The maximum absolute atomic E-state index is 11.9. The van der Waals surface area contributed by atoms with Crippen molar-refractivity contribution in [3.8, 4) is 0 Å². The second-order valence-electron chi connectivity index (χ2n) is 4.87. The van der Waals surface area contributed by atoms with Crippen LogP contribution in [0.1, 0.15) is 12.0 Å². The van der Waals surface area contributed by atoms with Crippen LogP contribution in [0.4, 0.5) is 10.5 Å². The van der Waals surface area contributed by atoms with Gasteiger partial charge in [-0.2, -0.15) is 0 Å². The van der Waals surface area contributed by atoms with E-state index in [1.165, 1.54) is 4.90 Å². The van der Waals surface area contributed by atoms with Crippen LogP contribution in [-0.2, 0) is 4.79 Å². The maximum Gasteiger partial charge on any atom is 0.328 e. The van der Waals surface area contributed by atoms with Crippen molar-refractivity contribution in [2.75, 3.05) is 18.5 Å². The Labute approximate surface area is 116 Å². The number of urea groups is 1. The molecule has 0 saturated carbocycles. The molecule has 6 heteroatoms. The number of anilines is 1. The maximum atomic E-state index is 11.9. The minimum atomic E-state index is -0.913. The third-order valence-corrected chi connectivity index (χ3v) is 3.62. The number of hydrogen-bond acceptors (Lipinski definition) is 4. The van der Waals surface area contributed by atoms with Gasteiger partial charge in [0.05, 0.1) is 5.70 Å². The van der Waals surface area contributed by atoms with E-state index in [2.05, 4.69) is 5.32 Å². The number of imide groups is 1. The quantitative estimate of drug-likeness (QED) is 0.791. The Morgan fingerprint density at radius 2 is 2.05 bits per heavy atom. The van der Waals surface area contributed by atoms with Crippen LogP contribution in [0.25, 0.3) is 6.08 Å². The Bertz CT molecular complexity index is 611. The number of hydrogen-bond donors (Lipinski definition) is 2. The molecule has 2 aliphatic rings. The number of fused-ring (bicyclic) bond motifs is 1. The fraction of sp³-hybridized carbons (Fsp3) is 0.286. The average molecular weight is 273 g/mol. The summed E-state index contributed by atoms with van der Waals surface area (Å²) < 4.78 is 0. The Morgan fingerprint density at radius 3 is 2.80 bits per heavy atom. The van der Waals surface area contributed by atoms with E-state index in [1.54, 1.807) is 18.0 Å². The van der Waals surface area contributed by atoms with Crippen LogP contribution in [-0.4, -0.2) is 41.8 Å². The number of nitrogens with one attached hydrogen (secondary N) is 1. The van der Waals surface area contributed by atoms with Crippen LogP contribution in [0, 0.1) is 0 Å². The highest BCUT2D eigenvalue weighted by molar-refractivity contribution is 5.98. The summed E-state index contributed by atoms with van der Waals surface area (Å²) >= 11 is 0. The van der Waals surface area contributed by atoms with Crippen molar-refractivity contribution in [2.24, 2.45) is 0 Å². The van der Waals surface area contributed by atoms with Crippen LogP contribution in [0.2, 0.25) is 0 Å². The standard InChI is InChI=1S/C14H15N3O3/c1-16-10-5-3-2-4-9(10)8-11(13(16)19)17-7-6-12(18)15-14(17)20/h2-5,8,13,19H,6-7H2,1H3,(H,15,18,20). The number of para-hydroxylation sites is 1. The Morgan fingerprint density at radius 1 is 1.30 bits per heavy atom. The Hall–Kier alpha value is -2.34. The van der Waals surface area contributed by atoms with Gasteiger partial charge in [0.25, 0.3) is 0 Å². The van der Waals surface area contributed by atoms with E-state index >= 15 is 0 Å². The number of rotatable bonds is 1. The molecule has 1 aromatic rings. The first-order valence-corrected chi connectivity index (χ1v) is 6.41. The molecule has 20 heavy (non-hydrogen) atoms. The number of aliphatic hydroxyl groups is 1. The summed E-state index contributed by atoms with van der Waals surface area (Å²) in [5.74, 6) is -0.286. The molecule has 2 N–H and O–H groups in total. The molecule has 3 rings (SSSR count). The predicted molar refractivity (Wildman–Crippen MR) is 73.7 cm³/mol. The van der Waals surface area contributed by atoms with Crippen LogP contribution in [0.15, 0.2) is 30.0 Å². The fourth-order valence-electron chi connectivity index (χ4n) is 2.52. The first-order chi connectivity index (χ1) is 9.58. The molecule has 0 spiro atoms. The monoisotopic (exact) mass is 273 g/mol. The zero-order valence-corrected chi connectivity index (χ0v) is 11.0. The molecule has 6 nitrogen and oxygen atoms in total. The number of benzene rings is 1. The van der Waals surface area contributed by atoms with Gasteiger partial charge < -0.3 is 10.0 Å². The molecule has 3 amide bonds. The molecule has 2 heterocycles. The van der Waals surface area contributed by atoms with Gasteiger partial charge in [0.2, 0.25) is 5.91 Å². The fourth-order valence-corrected chi connectivity index (χ4v) is 2.52. The molecular formula is C14H15N3O3. The molecule has 1 saturated heterocycles. The summed E-state index contributed by atoms with van der Waals surface area (Å²) in [6.45, 7) is 0.281. The van der Waals surface area contributed by atoms with Gasteiger partial charge in [-0.15, -0.1) is 0 Å². The van der Waals surface area contributed by atoms with Gasteiger partial charge in [0.1, 0.15) is 0 Å². The summed E-state index contributed by atoms with van der Waals surface area (Å²) in [5.41, 5.74) is 2.31. The third-order valence-electron chi connectivity index (χ3n) is 3.62. The molecule has 0 aliphatic carbocycles. The molecule has 1 atom stereocenters. The lowest BCUT2D eigenvalue weighted by Gasteiger charge is -2.38. The molecule has 1 fully saturated rings. The van der Waals surface area contributed by atoms with Gasteiger partial charge in [-0.1, -0.05) is 18.2 Å².